The van der Waals surface area contributed by atoms with Crippen LogP contribution in [0.25, 0.3) is 0 Å². The van der Waals surface area contributed by atoms with E-state index in [0.29, 0.717) is 17.2 Å². The standard InChI is InChI=1S/C25H31N3O3/c1-17-7-3-6-10-21(17)26-25(28-14-13-18-8-4-5-9-20(18)16-28)27-22-15-19(24(30)31-2)11-12-23(22)29/h4-5,8-9,11-12,15,17,21,29H,3,6-7,10,13-14,16H2,1-2H3,(H,26,27). The van der Waals surface area contributed by atoms with Gasteiger partial charge in [0, 0.05) is 13.1 Å². The molecule has 0 radical (unpaired) electrons. The van der Waals surface area contributed by atoms with Crippen LogP contribution in [0.4, 0.5) is 5.69 Å². The lowest BCUT2D eigenvalue weighted by Crippen LogP contribution is -2.41. The first-order valence-corrected chi connectivity index (χ1v) is 11.1. The zero-order valence-electron chi connectivity index (χ0n) is 18.3. The van der Waals surface area contributed by atoms with Crippen LogP contribution in [0.15, 0.2) is 47.5 Å². The maximum absolute atomic E-state index is 12.0. The van der Waals surface area contributed by atoms with Gasteiger partial charge in [-0.2, -0.15) is 0 Å². The van der Waals surface area contributed by atoms with Crippen LogP contribution >= 0.6 is 0 Å². The summed E-state index contributed by atoms with van der Waals surface area (Å²) < 4.78 is 4.84. The van der Waals surface area contributed by atoms with E-state index >= 15 is 0 Å². The number of ether oxygens (including phenoxy) is 1. The summed E-state index contributed by atoms with van der Waals surface area (Å²) in [5.74, 6) is 0.923. The van der Waals surface area contributed by atoms with Crippen molar-refractivity contribution in [2.75, 3.05) is 19.0 Å². The second kappa shape index (κ2) is 9.41. The minimum absolute atomic E-state index is 0.0782. The van der Waals surface area contributed by atoms with Crippen molar-refractivity contribution in [1.82, 2.24) is 4.90 Å². The molecule has 1 saturated carbocycles. The molecular weight excluding hydrogens is 390 g/mol. The van der Waals surface area contributed by atoms with Gasteiger partial charge in [-0.15, -0.1) is 0 Å². The molecule has 0 aromatic heterocycles. The summed E-state index contributed by atoms with van der Waals surface area (Å²) in [7, 11) is 1.35. The molecule has 2 N–H and O–H groups in total. The summed E-state index contributed by atoms with van der Waals surface area (Å²) in [5.41, 5.74) is 3.52. The van der Waals surface area contributed by atoms with E-state index in [9.17, 15) is 9.90 Å². The largest absolute Gasteiger partial charge is 0.506 e. The average Bonchev–Trinajstić information content (AvgIpc) is 2.80. The first-order chi connectivity index (χ1) is 15.0. The lowest BCUT2D eigenvalue weighted by atomic mass is 9.86. The van der Waals surface area contributed by atoms with Crippen molar-refractivity contribution in [3.05, 3.63) is 59.2 Å². The number of phenolic OH excluding ortho intramolecular Hbond substituents is 1. The molecular formula is C25H31N3O3. The molecule has 0 bridgehead atoms. The third kappa shape index (κ3) is 4.84. The number of fused-ring (bicyclic) bond motifs is 1. The Morgan fingerprint density at radius 3 is 2.71 bits per heavy atom. The van der Waals surface area contributed by atoms with Crippen molar-refractivity contribution in [2.24, 2.45) is 10.9 Å². The summed E-state index contributed by atoms with van der Waals surface area (Å²) in [5, 5.41) is 13.8. The molecule has 1 fully saturated rings. The Balaban J connectivity index is 1.66. The normalized spacial score (nSPS) is 21.4. The molecule has 2 unspecified atom stereocenters. The highest BCUT2D eigenvalue weighted by atomic mass is 16.5. The minimum atomic E-state index is -0.436. The molecule has 6 heteroatoms. The van der Waals surface area contributed by atoms with Crippen molar-refractivity contribution in [1.29, 1.82) is 0 Å². The van der Waals surface area contributed by atoms with E-state index in [1.165, 1.54) is 43.6 Å². The maximum Gasteiger partial charge on any atom is 0.337 e. The van der Waals surface area contributed by atoms with Crippen molar-refractivity contribution in [2.45, 2.75) is 51.6 Å². The van der Waals surface area contributed by atoms with Gasteiger partial charge in [0.05, 0.1) is 24.4 Å². The van der Waals surface area contributed by atoms with Crippen LogP contribution in [-0.2, 0) is 17.7 Å². The third-order valence-corrected chi connectivity index (χ3v) is 6.45. The Hall–Kier alpha value is -3.02. The van der Waals surface area contributed by atoms with Gasteiger partial charge in [-0.05, 0) is 54.5 Å². The molecule has 1 aliphatic heterocycles. The Bertz CT molecular complexity index is 972. The van der Waals surface area contributed by atoms with E-state index in [2.05, 4.69) is 41.4 Å². The number of benzene rings is 2. The minimum Gasteiger partial charge on any atom is -0.506 e. The van der Waals surface area contributed by atoms with Gasteiger partial charge in [-0.3, -0.25) is 0 Å². The lowest BCUT2D eigenvalue weighted by Gasteiger charge is -2.34. The van der Waals surface area contributed by atoms with Crippen molar-refractivity contribution in [3.8, 4) is 5.75 Å². The number of phenols is 1. The molecule has 0 amide bonds. The van der Waals surface area contributed by atoms with Gasteiger partial charge >= 0.3 is 5.97 Å². The zero-order valence-corrected chi connectivity index (χ0v) is 18.3. The lowest BCUT2D eigenvalue weighted by molar-refractivity contribution is 0.0601. The van der Waals surface area contributed by atoms with Crippen LogP contribution in [0, 0.1) is 5.92 Å². The van der Waals surface area contributed by atoms with Gasteiger partial charge < -0.3 is 20.1 Å². The van der Waals surface area contributed by atoms with Crippen LogP contribution in [0.5, 0.6) is 5.75 Å². The second-order valence-corrected chi connectivity index (χ2v) is 8.57. The van der Waals surface area contributed by atoms with Crippen LogP contribution in [-0.4, -0.2) is 41.6 Å². The zero-order chi connectivity index (χ0) is 21.8. The number of anilines is 1. The molecule has 1 aliphatic carbocycles. The van der Waals surface area contributed by atoms with E-state index in [-0.39, 0.29) is 11.8 Å². The Morgan fingerprint density at radius 1 is 1.16 bits per heavy atom. The first-order valence-electron chi connectivity index (χ1n) is 11.1. The number of nitrogens with zero attached hydrogens (tertiary/aromatic N) is 2. The Morgan fingerprint density at radius 2 is 1.94 bits per heavy atom. The monoisotopic (exact) mass is 421 g/mol. The average molecular weight is 422 g/mol. The topological polar surface area (TPSA) is 74.2 Å². The summed E-state index contributed by atoms with van der Waals surface area (Å²) in [6.45, 7) is 3.88. The van der Waals surface area contributed by atoms with Gasteiger partial charge in [-0.25, -0.2) is 9.79 Å². The van der Waals surface area contributed by atoms with E-state index in [0.717, 1.165) is 31.9 Å². The van der Waals surface area contributed by atoms with Gasteiger partial charge in [0.1, 0.15) is 5.75 Å². The van der Waals surface area contributed by atoms with Crippen molar-refractivity contribution >= 4 is 17.6 Å². The Labute approximate surface area is 183 Å². The predicted molar refractivity (Wildman–Crippen MR) is 122 cm³/mol. The number of hydrogen-bond donors (Lipinski definition) is 2. The number of aliphatic imine (C=N–C) groups is 1. The molecule has 164 valence electrons. The molecule has 2 atom stereocenters. The van der Waals surface area contributed by atoms with Crippen molar-refractivity contribution in [3.63, 3.8) is 0 Å². The van der Waals surface area contributed by atoms with Gasteiger partial charge in [0.15, 0.2) is 5.96 Å². The number of aromatic hydroxyl groups is 1. The molecule has 2 aliphatic rings. The summed E-state index contributed by atoms with van der Waals surface area (Å²) >= 11 is 0. The summed E-state index contributed by atoms with van der Waals surface area (Å²) in [6.07, 6.45) is 5.66. The number of carbonyl (C=O) groups is 1. The SMILES string of the molecule is COC(=O)c1ccc(O)c(NC(=NC2CCCCC2C)N2CCc3ccccc3C2)c1. The van der Waals surface area contributed by atoms with Crippen molar-refractivity contribution < 1.29 is 14.6 Å². The number of rotatable bonds is 3. The molecule has 2 aromatic carbocycles. The maximum atomic E-state index is 12.0. The van der Waals surface area contributed by atoms with Crippen LogP contribution in [0.2, 0.25) is 0 Å². The number of hydrogen-bond acceptors (Lipinski definition) is 4. The highest BCUT2D eigenvalue weighted by Crippen LogP contribution is 2.29. The highest BCUT2D eigenvalue weighted by Gasteiger charge is 2.25. The smallest absolute Gasteiger partial charge is 0.337 e. The fraction of sp³-hybridized carbons (Fsp3) is 0.440. The first kappa shape index (κ1) is 21.2. The molecule has 1 heterocycles. The molecule has 4 rings (SSSR count). The fourth-order valence-electron chi connectivity index (χ4n) is 4.52. The van der Waals surface area contributed by atoms with E-state index in [1.54, 1.807) is 12.1 Å². The molecule has 2 aromatic rings. The number of carbonyl (C=O) groups excluding carboxylic acids is 1. The van der Waals surface area contributed by atoms with Crippen LogP contribution in [0.3, 0.4) is 0 Å². The summed E-state index contributed by atoms with van der Waals surface area (Å²) in [4.78, 5) is 19.4. The summed E-state index contributed by atoms with van der Waals surface area (Å²) in [6, 6.07) is 13.5. The van der Waals surface area contributed by atoms with Gasteiger partial charge in [0.25, 0.3) is 0 Å². The van der Waals surface area contributed by atoms with Gasteiger partial charge in [0.2, 0.25) is 0 Å². The molecule has 0 spiro atoms. The quantitative estimate of drug-likeness (QED) is 0.328. The molecule has 0 saturated heterocycles. The molecule has 31 heavy (non-hydrogen) atoms. The van der Waals surface area contributed by atoms with E-state index in [4.69, 9.17) is 9.73 Å². The Kier molecular flexibility index (Phi) is 6.44. The number of nitrogens with one attached hydrogen (secondary N) is 1. The number of guanidine groups is 1. The van der Waals surface area contributed by atoms with Gasteiger partial charge in [-0.1, -0.05) is 44.0 Å². The van der Waals surface area contributed by atoms with E-state index < -0.39 is 5.97 Å². The predicted octanol–water partition coefficient (Wildman–Crippen LogP) is 4.58. The third-order valence-electron chi connectivity index (χ3n) is 6.45. The van der Waals surface area contributed by atoms with E-state index in [1.807, 2.05) is 0 Å². The van der Waals surface area contributed by atoms with Crippen LogP contribution < -0.4 is 5.32 Å². The number of methoxy groups -OCH3 is 1. The fourth-order valence-corrected chi connectivity index (χ4v) is 4.52. The number of esters is 1. The highest BCUT2D eigenvalue weighted by molar-refractivity contribution is 5.97. The second-order valence-electron chi connectivity index (χ2n) is 8.57. The molecule has 6 nitrogen and oxygen atoms in total. The van der Waals surface area contributed by atoms with Crippen LogP contribution in [0.1, 0.15) is 54.1 Å².